The number of amides is 1. The highest BCUT2D eigenvalue weighted by molar-refractivity contribution is 5.62. The number of nitrogens with one attached hydrogen (secondary N) is 2. The highest BCUT2D eigenvalue weighted by Crippen LogP contribution is 1.94. The zero-order valence-electron chi connectivity index (χ0n) is 6.99. The Balaban J connectivity index is 1.99. The lowest BCUT2D eigenvalue weighted by atomic mass is 10.3. The van der Waals surface area contributed by atoms with Gasteiger partial charge in [0.05, 0.1) is 6.61 Å². The molecule has 72 valence electrons. The van der Waals surface area contributed by atoms with E-state index in [0.717, 1.165) is 12.2 Å². The predicted molar refractivity (Wildman–Crippen MR) is 44.0 cm³/mol. The predicted octanol–water partition coefficient (Wildman–Crippen LogP) is 0.541. The minimum Gasteiger partial charge on any atom is -0.464 e. The van der Waals surface area contributed by atoms with Gasteiger partial charge in [-0.1, -0.05) is 0 Å². The summed E-state index contributed by atoms with van der Waals surface area (Å²) in [5, 5.41) is 8.14. The molecule has 6 heteroatoms. The van der Waals surface area contributed by atoms with E-state index < -0.39 is 6.09 Å². The first-order chi connectivity index (χ1) is 6.29. The van der Waals surface area contributed by atoms with Gasteiger partial charge in [0, 0.05) is 18.8 Å². The SMILES string of the molecule is O=C(O)NOCCCc1ncc[nH]1. The maximum atomic E-state index is 9.94. The van der Waals surface area contributed by atoms with Crippen molar-refractivity contribution in [1.29, 1.82) is 0 Å². The van der Waals surface area contributed by atoms with Crippen molar-refractivity contribution in [2.24, 2.45) is 0 Å². The minimum atomic E-state index is -1.18. The fraction of sp³-hybridized carbons (Fsp3) is 0.429. The highest BCUT2D eigenvalue weighted by Gasteiger charge is 1.96. The van der Waals surface area contributed by atoms with Gasteiger partial charge in [-0.05, 0) is 6.42 Å². The van der Waals surface area contributed by atoms with Gasteiger partial charge in [-0.2, -0.15) is 5.48 Å². The third kappa shape index (κ3) is 4.12. The number of hydrogen-bond donors (Lipinski definition) is 3. The second-order valence-corrected chi connectivity index (χ2v) is 2.40. The number of nitrogens with zero attached hydrogens (tertiary/aromatic N) is 1. The second kappa shape index (κ2) is 5.15. The van der Waals surface area contributed by atoms with Crippen LogP contribution in [-0.4, -0.2) is 27.8 Å². The maximum Gasteiger partial charge on any atom is 0.428 e. The lowest BCUT2D eigenvalue weighted by Gasteiger charge is -2.00. The van der Waals surface area contributed by atoms with Crippen molar-refractivity contribution in [1.82, 2.24) is 15.4 Å². The number of carbonyl (C=O) groups is 1. The summed E-state index contributed by atoms with van der Waals surface area (Å²) in [5.41, 5.74) is 1.81. The van der Waals surface area contributed by atoms with E-state index in [1.165, 1.54) is 0 Å². The molecule has 3 N–H and O–H groups in total. The summed E-state index contributed by atoms with van der Waals surface area (Å²) in [7, 11) is 0. The topological polar surface area (TPSA) is 87.2 Å². The summed E-state index contributed by atoms with van der Waals surface area (Å²) < 4.78 is 0. The van der Waals surface area contributed by atoms with Gasteiger partial charge < -0.3 is 10.1 Å². The van der Waals surface area contributed by atoms with E-state index in [-0.39, 0.29) is 0 Å². The van der Waals surface area contributed by atoms with Crippen molar-refractivity contribution < 1.29 is 14.7 Å². The number of hydroxylamine groups is 1. The molecule has 0 unspecified atom stereocenters. The van der Waals surface area contributed by atoms with E-state index in [0.29, 0.717) is 13.0 Å². The molecule has 0 aliphatic rings. The van der Waals surface area contributed by atoms with E-state index in [2.05, 4.69) is 14.8 Å². The van der Waals surface area contributed by atoms with E-state index >= 15 is 0 Å². The fourth-order valence-corrected chi connectivity index (χ4v) is 0.859. The van der Waals surface area contributed by atoms with Crippen molar-refractivity contribution in [3.05, 3.63) is 18.2 Å². The Morgan fingerprint density at radius 1 is 1.77 bits per heavy atom. The van der Waals surface area contributed by atoms with Gasteiger partial charge in [0.2, 0.25) is 0 Å². The molecule has 0 fully saturated rings. The van der Waals surface area contributed by atoms with Crippen LogP contribution >= 0.6 is 0 Å². The molecule has 1 aromatic heterocycles. The van der Waals surface area contributed by atoms with Crippen LogP contribution in [0.3, 0.4) is 0 Å². The van der Waals surface area contributed by atoms with Crippen LogP contribution < -0.4 is 5.48 Å². The summed E-state index contributed by atoms with van der Waals surface area (Å²) in [4.78, 5) is 21.5. The van der Waals surface area contributed by atoms with Crippen LogP contribution in [0.25, 0.3) is 0 Å². The van der Waals surface area contributed by atoms with Gasteiger partial charge in [0.25, 0.3) is 0 Å². The molecule has 1 amide bonds. The first-order valence-corrected chi connectivity index (χ1v) is 3.88. The Labute approximate surface area is 74.9 Å². The molecule has 1 heterocycles. The van der Waals surface area contributed by atoms with Crippen LogP contribution in [0.1, 0.15) is 12.2 Å². The average molecular weight is 185 g/mol. The minimum absolute atomic E-state index is 0.340. The van der Waals surface area contributed by atoms with Crippen molar-refractivity contribution in [3.8, 4) is 0 Å². The molecule has 1 rings (SSSR count). The number of H-pyrrole nitrogens is 1. The van der Waals surface area contributed by atoms with Crippen LogP contribution in [0.4, 0.5) is 4.79 Å². The van der Waals surface area contributed by atoms with Gasteiger partial charge in [0.1, 0.15) is 5.82 Å². The quantitative estimate of drug-likeness (QED) is 0.461. The number of hydrogen-bond acceptors (Lipinski definition) is 3. The lowest BCUT2D eigenvalue weighted by molar-refractivity contribution is 0.0410. The molecule has 0 aliphatic carbocycles. The van der Waals surface area contributed by atoms with E-state index in [9.17, 15) is 4.79 Å². The molecule has 0 bridgehead atoms. The number of aromatic nitrogens is 2. The molecule has 0 saturated heterocycles. The van der Waals surface area contributed by atoms with Gasteiger partial charge in [-0.3, -0.25) is 4.84 Å². The third-order valence-electron chi connectivity index (χ3n) is 1.37. The van der Waals surface area contributed by atoms with Crippen LogP contribution in [-0.2, 0) is 11.3 Å². The smallest absolute Gasteiger partial charge is 0.428 e. The average Bonchev–Trinajstić information content (AvgIpc) is 2.55. The second-order valence-electron chi connectivity index (χ2n) is 2.40. The standard InChI is InChI=1S/C7H11N3O3/c11-7(12)10-13-5-1-2-6-8-3-4-9-6/h3-4,10H,1-2,5H2,(H,8,9)(H,11,12). The molecule has 0 spiro atoms. The van der Waals surface area contributed by atoms with Crippen molar-refractivity contribution >= 4 is 6.09 Å². The van der Waals surface area contributed by atoms with Crippen molar-refractivity contribution in [2.45, 2.75) is 12.8 Å². The van der Waals surface area contributed by atoms with Crippen LogP contribution in [0.5, 0.6) is 0 Å². The summed E-state index contributed by atoms with van der Waals surface area (Å²) in [5.74, 6) is 0.874. The maximum absolute atomic E-state index is 9.94. The summed E-state index contributed by atoms with van der Waals surface area (Å²) in [6.07, 6.45) is 3.69. The first kappa shape index (κ1) is 9.53. The highest BCUT2D eigenvalue weighted by atomic mass is 16.7. The van der Waals surface area contributed by atoms with Crippen molar-refractivity contribution in [2.75, 3.05) is 6.61 Å². The summed E-state index contributed by atoms with van der Waals surface area (Å²) in [6.45, 7) is 0.340. The van der Waals surface area contributed by atoms with Gasteiger partial charge >= 0.3 is 6.09 Å². The Morgan fingerprint density at radius 2 is 2.62 bits per heavy atom. The van der Waals surface area contributed by atoms with Crippen LogP contribution in [0, 0.1) is 0 Å². The number of rotatable bonds is 5. The number of imidazole rings is 1. The molecule has 13 heavy (non-hydrogen) atoms. The Morgan fingerprint density at radius 3 is 3.23 bits per heavy atom. The van der Waals surface area contributed by atoms with E-state index in [1.807, 2.05) is 5.48 Å². The molecular weight excluding hydrogens is 174 g/mol. The Kier molecular flexibility index (Phi) is 3.77. The van der Waals surface area contributed by atoms with Crippen LogP contribution in [0.2, 0.25) is 0 Å². The molecule has 0 aromatic carbocycles. The number of carboxylic acid groups (broad SMARTS) is 1. The fourth-order valence-electron chi connectivity index (χ4n) is 0.859. The zero-order chi connectivity index (χ0) is 9.52. The summed E-state index contributed by atoms with van der Waals surface area (Å²) >= 11 is 0. The largest absolute Gasteiger partial charge is 0.464 e. The first-order valence-electron chi connectivity index (χ1n) is 3.88. The van der Waals surface area contributed by atoms with Gasteiger partial charge in [-0.25, -0.2) is 9.78 Å². The van der Waals surface area contributed by atoms with Gasteiger partial charge in [0.15, 0.2) is 0 Å². The Hall–Kier alpha value is -1.56. The molecular formula is C7H11N3O3. The lowest BCUT2D eigenvalue weighted by Crippen LogP contribution is -2.21. The third-order valence-corrected chi connectivity index (χ3v) is 1.37. The van der Waals surface area contributed by atoms with Crippen molar-refractivity contribution in [3.63, 3.8) is 0 Å². The number of aryl methyl sites for hydroxylation is 1. The van der Waals surface area contributed by atoms with E-state index in [1.54, 1.807) is 12.4 Å². The molecule has 0 saturated carbocycles. The molecule has 0 atom stereocenters. The zero-order valence-corrected chi connectivity index (χ0v) is 6.99. The molecule has 1 aromatic rings. The normalized spacial score (nSPS) is 9.85. The molecule has 0 radical (unpaired) electrons. The van der Waals surface area contributed by atoms with Crippen LogP contribution in [0.15, 0.2) is 12.4 Å². The molecule has 6 nitrogen and oxygen atoms in total. The van der Waals surface area contributed by atoms with Gasteiger partial charge in [-0.15, -0.1) is 0 Å². The van der Waals surface area contributed by atoms with E-state index in [4.69, 9.17) is 5.11 Å². The summed E-state index contributed by atoms with van der Waals surface area (Å²) in [6, 6.07) is 0. The number of aromatic amines is 1. The molecule has 0 aliphatic heterocycles. The monoisotopic (exact) mass is 185 g/mol. The Bertz CT molecular complexity index is 247.